The number of carbonyl (C=O) groups excluding carboxylic acids is 2. The largest absolute Gasteiger partial charge is 0.508 e. The molecule has 0 aliphatic carbocycles. The number of hydrogen-bond donors (Lipinski definition) is 2. The second kappa shape index (κ2) is 5.69. The fourth-order valence-corrected chi connectivity index (χ4v) is 2.65. The van der Waals surface area contributed by atoms with E-state index in [4.69, 9.17) is 9.47 Å². The number of aliphatic hydroxyl groups excluding tert-OH is 2. The van der Waals surface area contributed by atoms with Gasteiger partial charge in [-0.05, 0) is 5.56 Å². The lowest BCUT2D eigenvalue weighted by Crippen LogP contribution is -2.17. The Hall–Kier alpha value is -3.36. The van der Waals surface area contributed by atoms with Crippen LogP contribution >= 0.6 is 0 Å². The molecule has 124 valence electrons. The van der Waals surface area contributed by atoms with E-state index >= 15 is 0 Å². The molecule has 3 rings (SSSR count). The summed E-state index contributed by atoms with van der Waals surface area (Å²) in [5.41, 5.74) is -0.299. The number of ether oxygens (including phenoxy) is 2. The smallest absolute Gasteiger partial charge is 0.338 e. The Morgan fingerprint density at radius 2 is 1.42 bits per heavy atom. The maximum absolute atomic E-state index is 11.9. The molecule has 0 spiro atoms. The Morgan fingerprint density at radius 1 is 0.958 bits per heavy atom. The van der Waals surface area contributed by atoms with Gasteiger partial charge in [-0.3, -0.25) is 10.1 Å². The molecule has 0 saturated heterocycles. The number of nitrogens with zero attached hydrogens (tertiary/aromatic N) is 1. The summed E-state index contributed by atoms with van der Waals surface area (Å²) in [6, 6.07) is 5.05. The van der Waals surface area contributed by atoms with Crippen LogP contribution in [0.1, 0.15) is 11.5 Å². The number of hydrogen-bond acceptors (Lipinski definition) is 8. The zero-order valence-electron chi connectivity index (χ0n) is 12.1. The van der Waals surface area contributed by atoms with Gasteiger partial charge in [0, 0.05) is 12.1 Å². The van der Waals surface area contributed by atoms with E-state index in [1.165, 1.54) is 24.3 Å². The minimum atomic E-state index is -1.14. The number of cyclic esters (lactones) is 2. The minimum Gasteiger partial charge on any atom is -0.508 e. The fourth-order valence-electron chi connectivity index (χ4n) is 2.65. The summed E-state index contributed by atoms with van der Waals surface area (Å²) in [6.07, 6.45) is 0. The molecule has 9 heteroatoms. The average molecular weight is 333 g/mol. The van der Waals surface area contributed by atoms with E-state index in [1.807, 2.05) is 0 Å². The zero-order valence-corrected chi connectivity index (χ0v) is 12.1. The van der Waals surface area contributed by atoms with Crippen LogP contribution in [0.25, 0.3) is 0 Å². The molecule has 24 heavy (non-hydrogen) atoms. The number of non-ortho nitro benzene ring substituents is 1. The van der Waals surface area contributed by atoms with Crippen LogP contribution in [-0.2, 0) is 19.1 Å². The summed E-state index contributed by atoms with van der Waals surface area (Å²) in [5.74, 6) is -3.56. The van der Waals surface area contributed by atoms with Crippen molar-refractivity contribution in [3.8, 4) is 0 Å². The predicted octanol–water partition coefficient (Wildman–Crippen LogP) is 1.42. The van der Waals surface area contributed by atoms with Gasteiger partial charge in [0.05, 0.1) is 22.0 Å². The van der Waals surface area contributed by atoms with Crippen LogP contribution in [0.2, 0.25) is 0 Å². The molecule has 0 amide bonds. The van der Waals surface area contributed by atoms with E-state index in [1.54, 1.807) is 0 Å². The Morgan fingerprint density at radius 3 is 1.75 bits per heavy atom. The third kappa shape index (κ3) is 2.45. The van der Waals surface area contributed by atoms with Gasteiger partial charge in [-0.2, -0.15) is 0 Å². The SMILES string of the molecule is O=C1OCC(O)=C1C(C1=C(O)COC1=O)c1ccc([N+](=O)[O-])cc1. The van der Waals surface area contributed by atoms with Crippen molar-refractivity contribution in [1.29, 1.82) is 0 Å². The van der Waals surface area contributed by atoms with E-state index in [0.29, 0.717) is 5.56 Å². The van der Waals surface area contributed by atoms with Crippen molar-refractivity contribution in [2.75, 3.05) is 13.2 Å². The van der Waals surface area contributed by atoms with Crippen LogP contribution in [-0.4, -0.2) is 40.3 Å². The van der Waals surface area contributed by atoms with Crippen molar-refractivity contribution >= 4 is 17.6 Å². The first-order chi connectivity index (χ1) is 11.4. The molecule has 0 aromatic heterocycles. The zero-order chi connectivity index (χ0) is 17.4. The molecule has 2 aliphatic heterocycles. The molecular weight excluding hydrogens is 322 g/mol. The second-order valence-corrected chi connectivity index (χ2v) is 5.15. The molecule has 2 aliphatic rings. The van der Waals surface area contributed by atoms with Crippen molar-refractivity contribution in [3.05, 3.63) is 62.6 Å². The highest BCUT2D eigenvalue weighted by atomic mass is 16.6. The number of nitro groups is 1. The topological polar surface area (TPSA) is 136 Å². The van der Waals surface area contributed by atoms with E-state index in [-0.39, 0.29) is 41.6 Å². The van der Waals surface area contributed by atoms with Crippen LogP contribution in [0.3, 0.4) is 0 Å². The van der Waals surface area contributed by atoms with Crippen molar-refractivity contribution in [2.24, 2.45) is 0 Å². The van der Waals surface area contributed by atoms with E-state index < -0.39 is 22.8 Å². The van der Waals surface area contributed by atoms with Crippen LogP contribution in [0.15, 0.2) is 46.9 Å². The van der Waals surface area contributed by atoms with Gasteiger partial charge in [-0.1, -0.05) is 12.1 Å². The summed E-state index contributed by atoms with van der Waals surface area (Å²) in [4.78, 5) is 34.0. The van der Waals surface area contributed by atoms with Gasteiger partial charge in [-0.25, -0.2) is 9.59 Å². The van der Waals surface area contributed by atoms with Gasteiger partial charge >= 0.3 is 11.9 Å². The van der Waals surface area contributed by atoms with Crippen LogP contribution in [0, 0.1) is 10.1 Å². The van der Waals surface area contributed by atoms with Crippen molar-refractivity contribution in [2.45, 2.75) is 5.92 Å². The maximum Gasteiger partial charge on any atom is 0.338 e. The van der Waals surface area contributed by atoms with Crippen LogP contribution in [0.5, 0.6) is 0 Å². The molecule has 1 aromatic carbocycles. The predicted molar refractivity (Wildman–Crippen MR) is 77.1 cm³/mol. The normalized spacial score (nSPS) is 17.5. The highest BCUT2D eigenvalue weighted by Crippen LogP contribution is 2.40. The quantitative estimate of drug-likeness (QED) is 0.479. The molecule has 9 nitrogen and oxygen atoms in total. The average Bonchev–Trinajstić information content (AvgIpc) is 3.05. The lowest BCUT2D eigenvalue weighted by atomic mass is 9.84. The third-order valence-corrected chi connectivity index (χ3v) is 3.76. The van der Waals surface area contributed by atoms with Gasteiger partial charge in [-0.15, -0.1) is 0 Å². The molecule has 0 atom stereocenters. The molecule has 0 fully saturated rings. The van der Waals surface area contributed by atoms with Gasteiger partial charge in [0.2, 0.25) is 0 Å². The Labute approximate surface area is 134 Å². The van der Waals surface area contributed by atoms with Gasteiger partial charge in [0.15, 0.2) is 0 Å². The number of aliphatic hydroxyl groups is 2. The van der Waals surface area contributed by atoms with Crippen molar-refractivity contribution in [3.63, 3.8) is 0 Å². The first-order valence-corrected chi connectivity index (χ1v) is 6.82. The monoisotopic (exact) mass is 333 g/mol. The van der Waals surface area contributed by atoms with Gasteiger partial charge < -0.3 is 19.7 Å². The lowest BCUT2D eigenvalue weighted by molar-refractivity contribution is -0.384. The van der Waals surface area contributed by atoms with Crippen LogP contribution < -0.4 is 0 Å². The summed E-state index contributed by atoms with van der Waals surface area (Å²) in [5, 5.41) is 30.6. The fraction of sp³-hybridized carbons (Fsp3) is 0.200. The first kappa shape index (κ1) is 15.5. The summed E-state index contributed by atoms with van der Waals surface area (Å²) < 4.78 is 9.49. The molecule has 0 bridgehead atoms. The standard InChI is InChI=1S/C15H11NO8/c17-9-5-23-14(19)12(9)11(13-10(18)6-24-15(13)20)7-1-3-8(4-2-7)16(21)22/h1-4,11,17-18H,5-6H2. The summed E-state index contributed by atoms with van der Waals surface area (Å²) in [6.45, 7) is -0.693. The lowest BCUT2D eigenvalue weighted by Gasteiger charge is -2.17. The highest BCUT2D eigenvalue weighted by Gasteiger charge is 2.41. The molecular formula is C15H11NO8. The van der Waals surface area contributed by atoms with E-state index in [9.17, 15) is 29.9 Å². The number of esters is 2. The van der Waals surface area contributed by atoms with Crippen LogP contribution in [0.4, 0.5) is 5.69 Å². The third-order valence-electron chi connectivity index (χ3n) is 3.76. The molecule has 2 heterocycles. The van der Waals surface area contributed by atoms with Gasteiger partial charge in [0.1, 0.15) is 24.7 Å². The number of nitro benzene ring substituents is 1. The molecule has 0 unspecified atom stereocenters. The Bertz CT molecular complexity index is 765. The second-order valence-electron chi connectivity index (χ2n) is 5.15. The number of benzene rings is 1. The summed E-state index contributed by atoms with van der Waals surface area (Å²) in [7, 11) is 0. The number of carbonyl (C=O) groups is 2. The number of rotatable bonds is 4. The van der Waals surface area contributed by atoms with Crippen molar-refractivity contribution < 1.29 is 34.2 Å². The highest BCUT2D eigenvalue weighted by molar-refractivity contribution is 6.00. The maximum atomic E-state index is 11.9. The minimum absolute atomic E-state index is 0.183. The molecule has 0 saturated carbocycles. The Balaban J connectivity index is 2.14. The first-order valence-electron chi connectivity index (χ1n) is 6.82. The van der Waals surface area contributed by atoms with Crippen molar-refractivity contribution in [1.82, 2.24) is 0 Å². The Kier molecular flexibility index (Phi) is 3.68. The van der Waals surface area contributed by atoms with Gasteiger partial charge in [0.25, 0.3) is 5.69 Å². The van der Waals surface area contributed by atoms with E-state index in [0.717, 1.165) is 0 Å². The molecule has 2 N–H and O–H groups in total. The molecule has 0 radical (unpaired) electrons. The van der Waals surface area contributed by atoms with E-state index in [2.05, 4.69) is 0 Å². The summed E-state index contributed by atoms with van der Waals surface area (Å²) >= 11 is 0. The molecule has 1 aromatic rings.